The lowest BCUT2D eigenvalue weighted by Gasteiger charge is -2.29. The molecule has 2 heterocycles. The van der Waals surface area contributed by atoms with Crippen LogP contribution in [0.5, 0.6) is 0 Å². The molecule has 0 saturated carbocycles. The Kier molecular flexibility index (Phi) is 2.36. The van der Waals surface area contributed by atoms with E-state index in [1.54, 1.807) is 0 Å². The van der Waals surface area contributed by atoms with E-state index in [-0.39, 0.29) is 0 Å². The van der Waals surface area contributed by atoms with E-state index in [1.165, 1.54) is 36.9 Å². The molecule has 84 valence electrons. The second-order valence-corrected chi connectivity index (χ2v) is 5.02. The molecule has 0 aliphatic carbocycles. The topological polar surface area (TPSA) is 3.24 Å². The summed E-state index contributed by atoms with van der Waals surface area (Å²) in [4.78, 5) is 2.66. The Hall–Kier alpha value is -1.08. The van der Waals surface area contributed by atoms with Crippen molar-refractivity contribution in [3.63, 3.8) is 0 Å². The number of benzene rings is 1. The zero-order chi connectivity index (χ0) is 11.0. The number of hydrogen-bond acceptors (Lipinski definition) is 1. The summed E-state index contributed by atoms with van der Waals surface area (Å²) in [5.41, 5.74) is 3.33. The predicted molar refractivity (Wildman–Crippen MR) is 68.2 cm³/mol. The highest BCUT2D eigenvalue weighted by Crippen LogP contribution is 2.41. The number of rotatable bonds is 2. The Morgan fingerprint density at radius 3 is 2.75 bits per heavy atom. The summed E-state index contributed by atoms with van der Waals surface area (Å²) >= 11 is 0. The molecule has 1 heteroatoms. The van der Waals surface area contributed by atoms with Crippen molar-refractivity contribution < 1.29 is 0 Å². The van der Waals surface area contributed by atoms with E-state index in [0.29, 0.717) is 5.54 Å². The van der Waals surface area contributed by atoms with Gasteiger partial charge >= 0.3 is 0 Å². The first kappa shape index (κ1) is 10.1. The van der Waals surface area contributed by atoms with Crippen molar-refractivity contribution in [1.29, 1.82) is 0 Å². The van der Waals surface area contributed by atoms with Gasteiger partial charge in [-0.2, -0.15) is 0 Å². The van der Waals surface area contributed by atoms with Crippen molar-refractivity contribution in [1.82, 2.24) is 4.90 Å². The van der Waals surface area contributed by atoms with Crippen molar-refractivity contribution in [3.05, 3.63) is 42.0 Å². The molecule has 1 aromatic carbocycles. The lowest BCUT2D eigenvalue weighted by molar-refractivity contribution is 0.220. The van der Waals surface area contributed by atoms with Crippen LogP contribution in [0, 0.1) is 0 Å². The summed E-state index contributed by atoms with van der Waals surface area (Å²) in [5, 5.41) is 0. The minimum absolute atomic E-state index is 0.394. The van der Waals surface area contributed by atoms with Crippen LogP contribution in [0.1, 0.15) is 31.7 Å². The number of nitrogens with zero attached hydrogens (tertiary/aromatic N) is 1. The second kappa shape index (κ2) is 3.74. The maximum Gasteiger partial charge on any atom is 0.0399 e. The third kappa shape index (κ3) is 1.42. The van der Waals surface area contributed by atoms with E-state index in [1.807, 2.05) is 0 Å². The van der Waals surface area contributed by atoms with Crippen molar-refractivity contribution in [2.75, 3.05) is 13.1 Å². The van der Waals surface area contributed by atoms with Gasteiger partial charge < -0.3 is 0 Å². The van der Waals surface area contributed by atoms with Gasteiger partial charge in [-0.05, 0) is 36.9 Å². The SMILES string of the molecule is CC[C@]12C=C(c3ccccc3)CN1CCC2. The molecule has 1 fully saturated rings. The van der Waals surface area contributed by atoms with Crippen LogP contribution in [-0.2, 0) is 0 Å². The molecule has 0 radical (unpaired) electrons. The average molecular weight is 213 g/mol. The van der Waals surface area contributed by atoms with Gasteiger partial charge in [-0.25, -0.2) is 0 Å². The van der Waals surface area contributed by atoms with Crippen LogP contribution in [0.15, 0.2) is 36.4 Å². The first-order valence-corrected chi connectivity index (χ1v) is 6.36. The molecule has 0 N–H and O–H groups in total. The van der Waals surface area contributed by atoms with E-state index in [2.05, 4.69) is 48.2 Å². The Labute approximate surface area is 97.8 Å². The van der Waals surface area contributed by atoms with E-state index < -0.39 is 0 Å². The highest BCUT2D eigenvalue weighted by atomic mass is 15.2. The first-order valence-electron chi connectivity index (χ1n) is 6.36. The minimum atomic E-state index is 0.394. The smallest absolute Gasteiger partial charge is 0.0399 e. The van der Waals surface area contributed by atoms with E-state index >= 15 is 0 Å². The van der Waals surface area contributed by atoms with Crippen molar-refractivity contribution in [2.45, 2.75) is 31.7 Å². The predicted octanol–water partition coefficient (Wildman–Crippen LogP) is 3.33. The number of hydrogen-bond donors (Lipinski definition) is 0. The molecule has 0 unspecified atom stereocenters. The molecule has 0 amide bonds. The zero-order valence-corrected chi connectivity index (χ0v) is 9.95. The highest BCUT2D eigenvalue weighted by Gasteiger charge is 2.41. The summed E-state index contributed by atoms with van der Waals surface area (Å²) in [6, 6.07) is 10.8. The molecule has 3 rings (SSSR count). The van der Waals surface area contributed by atoms with Crippen LogP contribution >= 0.6 is 0 Å². The van der Waals surface area contributed by atoms with Crippen LogP contribution in [0.3, 0.4) is 0 Å². The van der Waals surface area contributed by atoms with Gasteiger partial charge in [0.2, 0.25) is 0 Å². The maximum atomic E-state index is 2.66. The van der Waals surface area contributed by atoms with Gasteiger partial charge in [-0.3, -0.25) is 4.90 Å². The zero-order valence-electron chi connectivity index (χ0n) is 9.95. The Morgan fingerprint density at radius 1 is 1.25 bits per heavy atom. The molecule has 1 saturated heterocycles. The lowest BCUT2D eigenvalue weighted by Crippen LogP contribution is -2.37. The summed E-state index contributed by atoms with van der Waals surface area (Å²) < 4.78 is 0. The van der Waals surface area contributed by atoms with Gasteiger partial charge in [-0.1, -0.05) is 43.3 Å². The highest BCUT2D eigenvalue weighted by molar-refractivity contribution is 5.70. The summed E-state index contributed by atoms with van der Waals surface area (Å²) in [7, 11) is 0. The standard InChI is InChI=1S/C15H19N/c1-2-15-9-6-10-16(15)12-14(11-15)13-7-4-3-5-8-13/h3-5,7-8,11H,2,6,9-10,12H2,1H3/t15-/m0/s1. The normalized spacial score (nSPS) is 29.2. The first-order chi connectivity index (χ1) is 7.84. The van der Waals surface area contributed by atoms with E-state index in [9.17, 15) is 0 Å². The molecule has 2 aliphatic rings. The third-order valence-corrected chi connectivity index (χ3v) is 4.23. The van der Waals surface area contributed by atoms with Crippen LogP contribution < -0.4 is 0 Å². The van der Waals surface area contributed by atoms with Gasteiger partial charge in [0, 0.05) is 12.1 Å². The van der Waals surface area contributed by atoms with E-state index in [4.69, 9.17) is 0 Å². The Morgan fingerprint density at radius 2 is 2.06 bits per heavy atom. The summed E-state index contributed by atoms with van der Waals surface area (Å²) in [6.07, 6.45) is 6.50. The molecule has 2 aliphatic heterocycles. The molecular weight excluding hydrogens is 194 g/mol. The van der Waals surface area contributed by atoms with Crippen molar-refractivity contribution in [3.8, 4) is 0 Å². The van der Waals surface area contributed by atoms with Crippen molar-refractivity contribution >= 4 is 5.57 Å². The molecule has 1 atom stereocenters. The van der Waals surface area contributed by atoms with Crippen LogP contribution in [0.25, 0.3) is 5.57 Å². The molecule has 0 aromatic heterocycles. The fraction of sp³-hybridized carbons (Fsp3) is 0.467. The Bertz CT molecular complexity index is 407. The minimum Gasteiger partial charge on any atom is -0.290 e. The Balaban J connectivity index is 1.95. The van der Waals surface area contributed by atoms with Crippen LogP contribution in [0.4, 0.5) is 0 Å². The van der Waals surface area contributed by atoms with Gasteiger partial charge in [0.05, 0.1) is 0 Å². The lowest BCUT2D eigenvalue weighted by atomic mass is 9.93. The molecule has 1 aromatic rings. The van der Waals surface area contributed by atoms with Crippen LogP contribution in [-0.4, -0.2) is 23.5 Å². The fourth-order valence-electron chi connectivity index (χ4n) is 3.26. The third-order valence-electron chi connectivity index (χ3n) is 4.23. The van der Waals surface area contributed by atoms with Gasteiger partial charge in [-0.15, -0.1) is 0 Å². The van der Waals surface area contributed by atoms with Crippen molar-refractivity contribution in [2.24, 2.45) is 0 Å². The molecular formula is C15H19N. The van der Waals surface area contributed by atoms with Crippen LogP contribution in [0.2, 0.25) is 0 Å². The summed E-state index contributed by atoms with van der Waals surface area (Å²) in [5.74, 6) is 0. The average Bonchev–Trinajstić information content (AvgIpc) is 2.86. The summed E-state index contributed by atoms with van der Waals surface area (Å²) in [6.45, 7) is 4.75. The maximum absolute atomic E-state index is 2.66. The van der Waals surface area contributed by atoms with Gasteiger partial charge in [0.15, 0.2) is 0 Å². The van der Waals surface area contributed by atoms with Gasteiger partial charge in [0.25, 0.3) is 0 Å². The molecule has 0 bridgehead atoms. The molecule has 1 nitrogen and oxygen atoms in total. The fourth-order valence-corrected chi connectivity index (χ4v) is 3.26. The quantitative estimate of drug-likeness (QED) is 0.728. The molecule has 16 heavy (non-hydrogen) atoms. The molecule has 0 spiro atoms. The largest absolute Gasteiger partial charge is 0.290 e. The van der Waals surface area contributed by atoms with Gasteiger partial charge in [0.1, 0.15) is 0 Å². The second-order valence-electron chi connectivity index (χ2n) is 5.02. The number of fused-ring (bicyclic) bond motifs is 1. The van der Waals surface area contributed by atoms with E-state index in [0.717, 1.165) is 6.54 Å². The monoisotopic (exact) mass is 213 g/mol.